The van der Waals surface area contributed by atoms with Crippen molar-refractivity contribution in [2.24, 2.45) is 5.92 Å². The van der Waals surface area contributed by atoms with Gasteiger partial charge in [0.1, 0.15) is 0 Å². The number of hydrogen-bond acceptors (Lipinski definition) is 3. The van der Waals surface area contributed by atoms with E-state index in [1.54, 1.807) is 11.3 Å². The van der Waals surface area contributed by atoms with Gasteiger partial charge in [-0.3, -0.25) is 4.79 Å². The van der Waals surface area contributed by atoms with Gasteiger partial charge in [0, 0.05) is 18.0 Å². The summed E-state index contributed by atoms with van der Waals surface area (Å²) in [5.74, 6) is 0.391. The Morgan fingerprint density at radius 3 is 3.00 bits per heavy atom. The van der Waals surface area contributed by atoms with Crippen molar-refractivity contribution in [3.63, 3.8) is 0 Å². The summed E-state index contributed by atoms with van der Waals surface area (Å²) in [6.07, 6.45) is 6.67. The van der Waals surface area contributed by atoms with E-state index in [4.69, 9.17) is 5.11 Å². The first-order valence-corrected chi connectivity index (χ1v) is 8.03. The van der Waals surface area contributed by atoms with Crippen molar-refractivity contribution in [1.82, 2.24) is 5.32 Å². The van der Waals surface area contributed by atoms with Gasteiger partial charge in [0.2, 0.25) is 0 Å². The van der Waals surface area contributed by atoms with Crippen molar-refractivity contribution in [3.8, 4) is 0 Å². The average Bonchev–Trinajstić information content (AvgIpc) is 2.87. The summed E-state index contributed by atoms with van der Waals surface area (Å²) in [5.41, 5.74) is 1.38. The number of nitrogens with one attached hydrogen (secondary N) is 1. The second-order valence-electron chi connectivity index (χ2n) is 5.45. The van der Waals surface area contributed by atoms with Crippen LogP contribution in [0.3, 0.4) is 0 Å². The molecule has 0 spiro atoms. The van der Waals surface area contributed by atoms with Crippen molar-refractivity contribution < 1.29 is 9.90 Å². The minimum atomic E-state index is 0.0658. The summed E-state index contributed by atoms with van der Waals surface area (Å²) in [7, 11) is 0. The standard InChI is InChI=1S/C15H23NO2S/c1-11(10-17)5-4-8-16-15(18)14-9-12-6-2-3-7-13(12)19-14/h9,11,17H,2-8,10H2,1H3,(H,16,18). The molecule has 3 nitrogen and oxygen atoms in total. The molecule has 2 N–H and O–H groups in total. The third-order valence-corrected chi connectivity index (χ3v) is 4.93. The molecule has 0 aliphatic heterocycles. The first-order valence-electron chi connectivity index (χ1n) is 7.21. The Bertz CT molecular complexity index is 404. The first-order chi connectivity index (χ1) is 9.20. The maximum Gasteiger partial charge on any atom is 0.261 e. The Hall–Kier alpha value is -0.870. The Morgan fingerprint density at radius 2 is 2.26 bits per heavy atom. The molecule has 2 rings (SSSR count). The maximum atomic E-state index is 12.0. The van der Waals surface area contributed by atoms with E-state index in [0.29, 0.717) is 12.5 Å². The summed E-state index contributed by atoms with van der Waals surface area (Å²) in [6.45, 7) is 2.95. The summed E-state index contributed by atoms with van der Waals surface area (Å²) in [4.78, 5) is 14.3. The second-order valence-corrected chi connectivity index (χ2v) is 6.59. The normalized spacial score (nSPS) is 15.9. The molecule has 0 bridgehead atoms. The summed E-state index contributed by atoms with van der Waals surface area (Å²) in [6, 6.07) is 2.07. The fraction of sp³-hybridized carbons (Fsp3) is 0.667. The number of aryl methyl sites for hydroxylation is 2. The molecular formula is C15H23NO2S. The van der Waals surface area contributed by atoms with E-state index >= 15 is 0 Å². The quantitative estimate of drug-likeness (QED) is 0.788. The Labute approximate surface area is 119 Å². The average molecular weight is 281 g/mol. The van der Waals surface area contributed by atoms with Crippen LogP contribution in [-0.2, 0) is 12.8 Å². The summed E-state index contributed by atoms with van der Waals surface area (Å²) in [5, 5.41) is 11.9. The molecule has 1 aromatic heterocycles. The van der Waals surface area contributed by atoms with Gasteiger partial charge in [-0.1, -0.05) is 6.92 Å². The molecule has 0 saturated heterocycles. The van der Waals surface area contributed by atoms with Gasteiger partial charge in [0.15, 0.2) is 0 Å². The summed E-state index contributed by atoms with van der Waals surface area (Å²) < 4.78 is 0. The van der Waals surface area contributed by atoms with Gasteiger partial charge in [0.05, 0.1) is 4.88 Å². The van der Waals surface area contributed by atoms with Crippen LogP contribution in [0.15, 0.2) is 6.07 Å². The maximum absolute atomic E-state index is 12.0. The Balaban J connectivity index is 1.78. The zero-order valence-electron chi connectivity index (χ0n) is 11.6. The largest absolute Gasteiger partial charge is 0.396 e. The molecule has 4 heteroatoms. The van der Waals surface area contributed by atoms with Gasteiger partial charge in [-0.25, -0.2) is 0 Å². The molecule has 1 atom stereocenters. The lowest BCUT2D eigenvalue weighted by molar-refractivity contribution is 0.0956. The minimum absolute atomic E-state index is 0.0658. The molecule has 0 saturated carbocycles. The van der Waals surface area contributed by atoms with Gasteiger partial charge in [-0.05, 0) is 56.1 Å². The second kappa shape index (κ2) is 7.06. The Kier molecular flexibility index (Phi) is 5.40. The van der Waals surface area contributed by atoms with E-state index in [-0.39, 0.29) is 12.5 Å². The first kappa shape index (κ1) is 14.5. The van der Waals surface area contributed by atoms with Gasteiger partial charge in [-0.2, -0.15) is 0 Å². The van der Waals surface area contributed by atoms with E-state index in [1.807, 2.05) is 6.92 Å². The molecule has 1 unspecified atom stereocenters. The number of hydrogen-bond donors (Lipinski definition) is 2. The van der Waals surface area contributed by atoms with Crippen molar-refractivity contribution >= 4 is 17.2 Å². The third-order valence-electron chi connectivity index (χ3n) is 3.69. The highest BCUT2D eigenvalue weighted by Gasteiger charge is 2.16. The highest BCUT2D eigenvalue weighted by Crippen LogP contribution is 2.29. The Morgan fingerprint density at radius 1 is 1.47 bits per heavy atom. The van der Waals surface area contributed by atoms with E-state index in [2.05, 4.69) is 11.4 Å². The lowest BCUT2D eigenvalue weighted by atomic mass is 9.99. The highest BCUT2D eigenvalue weighted by molar-refractivity contribution is 7.14. The van der Waals surface area contributed by atoms with E-state index < -0.39 is 0 Å². The van der Waals surface area contributed by atoms with Crippen molar-refractivity contribution in [1.29, 1.82) is 0 Å². The molecule has 0 aromatic carbocycles. The van der Waals surface area contributed by atoms with Crippen LogP contribution in [0.25, 0.3) is 0 Å². The van der Waals surface area contributed by atoms with Crippen LogP contribution in [0.5, 0.6) is 0 Å². The van der Waals surface area contributed by atoms with Gasteiger partial charge >= 0.3 is 0 Å². The predicted octanol–water partition coefficient (Wildman–Crippen LogP) is 2.77. The smallest absolute Gasteiger partial charge is 0.261 e. The van der Waals surface area contributed by atoms with Crippen LogP contribution >= 0.6 is 11.3 Å². The number of fused-ring (bicyclic) bond motifs is 1. The number of aliphatic hydroxyl groups is 1. The molecule has 19 heavy (non-hydrogen) atoms. The number of aliphatic hydroxyl groups excluding tert-OH is 1. The molecule has 1 heterocycles. The minimum Gasteiger partial charge on any atom is -0.396 e. The van der Waals surface area contributed by atoms with Gasteiger partial charge in [0.25, 0.3) is 5.91 Å². The number of carbonyl (C=O) groups excluding carboxylic acids is 1. The molecule has 1 aromatic rings. The molecule has 1 aliphatic rings. The molecule has 0 fully saturated rings. The topological polar surface area (TPSA) is 49.3 Å². The molecule has 1 aliphatic carbocycles. The van der Waals surface area contributed by atoms with Crippen molar-refractivity contribution in [2.75, 3.05) is 13.2 Å². The molecule has 1 amide bonds. The number of rotatable bonds is 6. The van der Waals surface area contributed by atoms with E-state index in [9.17, 15) is 4.79 Å². The van der Waals surface area contributed by atoms with Crippen molar-refractivity contribution in [2.45, 2.75) is 45.4 Å². The predicted molar refractivity (Wildman–Crippen MR) is 78.8 cm³/mol. The molecular weight excluding hydrogens is 258 g/mol. The zero-order chi connectivity index (χ0) is 13.7. The van der Waals surface area contributed by atoms with Crippen LogP contribution < -0.4 is 5.32 Å². The highest BCUT2D eigenvalue weighted by atomic mass is 32.1. The van der Waals surface area contributed by atoms with Crippen LogP contribution in [-0.4, -0.2) is 24.2 Å². The number of carbonyl (C=O) groups is 1. The zero-order valence-corrected chi connectivity index (χ0v) is 12.4. The third kappa shape index (κ3) is 4.05. The van der Waals surface area contributed by atoms with Gasteiger partial charge in [-0.15, -0.1) is 11.3 Å². The fourth-order valence-electron chi connectivity index (χ4n) is 2.43. The lowest BCUT2D eigenvalue weighted by Gasteiger charge is -2.08. The number of thiophene rings is 1. The van der Waals surface area contributed by atoms with Crippen LogP contribution in [0.2, 0.25) is 0 Å². The van der Waals surface area contributed by atoms with Crippen LogP contribution in [0.4, 0.5) is 0 Å². The van der Waals surface area contributed by atoms with Crippen LogP contribution in [0, 0.1) is 5.92 Å². The molecule has 106 valence electrons. The summed E-state index contributed by atoms with van der Waals surface area (Å²) >= 11 is 1.66. The SMILES string of the molecule is CC(CO)CCCNC(=O)c1cc2c(s1)CCCC2. The van der Waals surface area contributed by atoms with E-state index in [1.165, 1.54) is 23.3 Å². The fourth-order valence-corrected chi connectivity index (χ4v) is 3.60. The lowest BCUT2D eigenvalue weighted by Crippen LogP contribution is -2.24. The number of amides is 1. The monoisotopic (exact) mass is 281 g/mol. The molecule has 0 radical (unpaired) electrons. The van der Waals surface area contributed by atoms with Gasteiger partial charge < -0.3 is 10.4 Å². The van der Waals surface area contributed by atoms with Crippen molar-refractivity contribution in [3.05, 3.63) is 21.4 Å². The van der Waals surface area contributed by atoms with Crippen LogP contribution in [0.1, 0.15) is 52.7 Å². The van der Waals surface area contributed by atoms with E-state index in [0.717, 1.165) is 30.6 Å².